The van der Waals surface area contributed by atoms with Crippen molar-refractivity contribution in [2.75, 3.05) is 100 Å². The summed E-state index contributed by atoms with van der Waals surface area (Å²) in [4.78, 5) is 120. The summed E-state index contributed by atoms with van der Waals surface area (Å²) in [6.07, 6.45) is 59.5. The van der Waals surface area contributed by atoms with Crippen LogP contribution in [0.2, 0.25) is 5.15 Å². The number of methoxy groups -OCH3 is 2. The maximum Gasteiger partial charge on any atom is 0.317 e. The molecular weight excluding hydrogens is 1880 g/mol. The van der Waals surface area contributed by atoms with E-state index in [0.717, 1.165) is 118 Å². The minimum Gasteiger partial charge on any atom is -0.480 e. The summed E-state index contributed by atoms with van der Waals surface area (Å²) in [5.41, 5.74) is 14.3. The third-order valence-corrected chi connectivity index (χ3v) is 28.2. The van der Waals surface area contributed by atoms with Crippen LogP contribution in [0.1, 0.15) is 272 Å². The highest BCUT2D eigenvalue weighted by Crippen LogP contribution is 2.34. The minimum absolute atomic E-state index is 0.0102. The fourth-order valence-electron chi connectivity index (χ4n) is 15.9. The Morgan fingerprint density at radius 3 is 1.29 bits per heavy atom. The van der Waals surface area contributed by atoms with Gasteiger partial charge in [-0.25, -0.2) is 72.5 Å². The number of carboxylic acids is 1. The number of pyridine rings is 2. The Balaban J connectivity index is 0.000000211. The molecule has 9 N–H and O–H groups in total. The number of aliphatic hydroxyl groups excluding tert-OH is 1. The van der Waals surface area contributed by atoms with E-state index in [1.807, 2.05) is 43.4 Å². The van der Waals surface area contributed by atoms with Crippen LogP contribution in [-0.2, 0) is 41.7 Å². The SMILES string of the molecule is COCC(=O)c1cnc(SC)nc1Cl.COCC(=O)c1cnc(SC)nc1NC1CCCCC1.CS(=O)(=O)N1CCC(N)CC1.CS(=O)c1ncc2cc(C#N)c(=O)n(C3CCCCC3)c2n1.CSc1ncc(C=O)c(NC2CCCCC2)n1.CSc1ncc(CO)c(NC2CCCCC2)n1.CSc1ncc2cc(C#N)c(=O)n(C3CCCCC3)c2n1.N#CCC(=O)O.NC1CCCCC1. The van der Waals surface area contributed by atoms with Gasteiger partial charge < -0.3 is 47.1 Å². The second-order valence-corrected chi connectivity index (χ2v) is 40.4. The monoisotopic (exact) mass is 2010 g/mol. The summed E-state index contributed by atoms with van der Waals surface area (Å²) < 4.78 is 48.0. The number of Topliss-reactive ketones (excluding diaryl/α,β-unsaturated/α-hetero) is 2. The van der Waals surface area contributed by atoms with Crippen molar-refractivity contribution in [3.63, 3.8) is 0 Å². The van der Waals surface area contributed by atoms with Gasteiger partial charge in [0, 0.05) is 129 Å². The maximum absolute atomic E-state index is 12.6. The molecule has 7 aliphatic rings. The van der Waals surface area contributed by atoms with Crippen LogP contribution in [0.3, 0.4) is 0 Å². The number of aromatic nitrogens is 14. The van der Waals surface area contributed by atoms with E-state index < -0.39 is 33.2 Å². The molecule has 0 bridgehead atoms. The second kappa shape index (κ2) is 61.5. The Labute approximate surface area is 819 Å². The van der Waals surface area contributed by atoms with Crippen molar-refractivity contribution in [1.29, 1.82) is 15.8 Å². The molecule has 0 radical (unpaired) electrons. The lowest BCUT2D eigenvalue weighted by Gasteiger charge is -2.27. The molecule has 734 valence electrons. The molecule has 6 saturated carbocycles. The van der Waals surface area contributed by atoms with E-state index in [0.29, 0.717) is 103 Å². The van der Waals surface area contributed by atoms with Crippen molar-refractivity contribution in [2.24, 2.45) is 11.5 Å². The number of aliphatic carboxylic acids is 1. The van der Waals surface area contributed by atoms with Crippen LogP contribution in [-0.4, -0.2) is 234 Å². The number of nitrogens with one attached hydrogen (secondary N) is 3. The van der Waals surface area contributed by atoms with E-state index in [4.69, 9.17) is 42.9 Å². The van der Waals surface area contributed by atoms with Crippen LogP contribution in [0.4, 0.5) is 17.5 Å². The van der Waals surface area contributed by atoms with Crippen molar-refractivity contribution in [3.8, 4) is 18.2 Å². The fraction of sp³-hybridized carbons (Fsp3) is 0.593. The Hall–Kier alpha value is -8.85. The molecule has 8 aromatic rings. The normalized spacial score (nSPS) is 16.5. The number of ketones is 2. The van der Waals surface area contributed by atoms with Gasteiger partial charge >= 0.3 is 5.97 Å². The summed E-state index contributed by atoms with van der Waals surface area (Å²) in [6, 6.07) is 10.8. The van der Waals surface area contributed by atoms with Crippen molar-refractivity contribution in [3.05, 3.63) is 109 Å². The second-order valence-electron chi connectivity index (χ2n) is 32.9. The molecule has 0 aromatic carbocycles. The van der Waals surface area contributed by atoms with Gasteiger partial charge in [0.05, 0.1) is 46.4 Å². The molecule has 1 unspecified atom stereocenters. The van der Waals surface area contributed by atoms with E-state index in [1.165, 1.54) is 224 Å². The average molecular weight is 2010 g/mol. The maximum atomic E-state index is 12.6. The Morgan fingerprint density at radius 1 is 0.526 bits per heavy atom. The first kappa shape index (κ1) is 113. The number of nitriles is 3. The lowest BCUT2D eigenvalue weighted by molar-refractivity contribution is -0.135. The van der Waals surface area contributed by atoms with Gasteiger partial charge in [-0.1, -0.05) is 186 Å². The summed E-state index contributed by atoms with van der Waals surface area (Å²) in [5.74, 6) is 0.768. The van der Waals surface area contributed by atoms with Crippen LogP contribution in [0.15, 0.2) is 89.8 Å². The number of nitrogens with two attached hydrogens (primary N) is 2. The number of hydrogen-bond donors (Lipinski definition) is 7. The molecule has 0 amide bonds. The first-order valence-corrected chi connectivity index (χ1v) is 55.3. The van der Waals surface area contributed by atoms with Gasteiger partial charge in [0.1, 0.15) is 76.8 Å². The predicted octanol–water partition coefficient (Wildman–Crippen LogP) is 15.1. The van der Waals surface area contributed by atoms with Crippen LogP contribution >= 0.6 is 70.4 Å². The zero-order chi connectivity index (χ0) is 98.2. The quantitative estimate of drug-likeness (QED) is 0.00971. The number of nitrogens with zero attached hydrogens (tertiary/aromatic N) is 18. The highest BCUT2D eigenvalue weighted by Gasteiger charge is 2.28. The number of carbonyl (C=O) groups is 4. The number of fused-ring (bicyclic) bond motifs is 2. The number of carbonyl (C=O) groups excluding carboxylic acids is 3. The topological polar surface area (TPSA) is 540 Å². The predicted molar refractivity (Wildman–Crippen MR) is 533 cm³/mol. The van der Waals surface area contributed by atoms with E-state index in [1.54, 1.807) is 46.2 Å². The number of anilines is 3. The van der Waals surface area contributed by atoms with Gasteiger partial charge in [-0.3, -0.25) is 42.1 Å². The lowest BCUT2D eigenvalue weighted by Crippen LogP contribution is -2.42. The third-order valence-electron chi connectivity index (χ3n) is 23.1. The van der Waals surface area contributed by atoms with Crippen LogP contribution in [0, 0.1) is 34.0 Å². The number of ether oxygens (including phenoxy) is 2. The number of halogens is 1. The van der Waals surface area contributed by atoms with Crippen molar-refractivity contribution < 1.29 is 51.5 Å². The summed E-state index contributed by atoms with van der Waals surface area (Å²) in [7, 11) is -1.32. The number of aliphatic hydroxyl groups is 1. The van der Waals surface area contributed by atoms with Gasteiger partial charge in [0.25, 0.3) is 11.1 Å². The third kappa shape index (κ3) is 37.8. The molecule has 1 atom stereocenters. The number of sulfonamides is 1. The van der Waals surface area contributed by atoms with Gasteiger partial charge in [-0.2, -0.15) is 15.8 Å². The molecule has 1 aliphatic heterocycles. The zero-order valence-corrected chi connectivity index (χ0v) is 84.9. The Morgan fingerprint density at radius 2 is 0.896 bits per heavy atom. The van der Waals surface area contributed by atoms with E-state index >= 15 is 0 Å². The zero-order valence-electron chi connectivity index (χ0n) is 78.4. The molecule has 135 heavy (non-hydrogen) atoms. The number of rotatable bonds is 24. The molecule has 9 heterocycles. The number of thioether (sulfide) groups is 5. The van der Waals surface area contributed by atoms with Crippen LogP contribution < -0.4 is 38.5 Å². The largest absolute Gasteiger partial charge is 0.480 e. The number of piperidine rings is 1. The van der Waals surface area contributed by atoms with E-state index in [2.05, 4.69) is 75.8 Å². The first-order valence-electron chi connectivity index (χ1n) is 45.4. The number of hydrogen-bond acceptors (Lipinski definition) is 37. The van der Waals surface area contributed by atoms with Gasteiger partial charge in [0.2, 0.25) is 15.2 Å². The first-order chi connectivity index (χ1) is 65.1. The van der Waals surface area contributed by atoms with Gasteiger partial charge in [0.15, 0.2) is 43.6 Å². The van der Waals surface area contributed by atoms with Crippen molar-refractivity contribution in [2.45, 2.75) is 292 Å². The lowest BCUT2D eigenvalue weighted by atomic mass is 9.95. The molecular formula is C91H128ClN23O13S7. The fourth-order valence-corrected chi connectivity index (χ4v) is 19.2. The van der Waals surface area contributed by atoms with Gasteiger partial charge in [-0.05, 0) is 133 Å². The Bertz CT molecular complexity index is 5520. The highest BCUT2D eigenvalue weighted by molar-refractivity contribution is 7.99. The number of carboxylic acid groups (broad SMARTS) is 1. The number of aldehydes is 1. The van der Waals surface area contributed by atoms with Crippen LogP contribution in [0.5, 0.6) is 0 Å². The molecule has 0 spiro atoms. The average Bonchev–Trinajstić information content (AvgIpc) is 0.771. The highest BCUT2D eigenvalue weighted by atomic mass is 35.5. The van der Waals surface area contributed by atoms with E-state index in [9.17, 15) is 57.0 Å². The molecule has 1 saturated heterocycles. The minimum atomic E-state index is -2.97. The summed E-state index contributed by atoms with van der Waals surface area (Å²) in [6.45, 7) is 1.20. The smallest absolute Gasteiger partial charge is 0.317 e. The van der Waals surface area contributed by atoms with Crippen molar-refractivity contribution >= 4 is 155 Å². The molecule has 8 aromatic heterocycles. The summed E-state index contributed by atoms with van der Waals surface area (Å²) in [5, 5.41) is 58.3. The molecule has 15 rings (SSSR count). The summed E-state index contributed by atoms with van der Waals surface area (Å²) >= 11 is 13.1. The standard InChI is InChI=1S/C15H16N4O2S.C15H16N4OS.C14H21N3O2S.C12H19N3OS.C12H17N3OS.C8H9ClN2O2S.C6H14N2O2S.C6H13N.C3H3NO2/c1-22(21)15-17-9-11-7-10(8-16)14(20)19(13(11)18-15)12-5-3-2-4-6-12;1-21-15-17-9-11-7-10(8-16)14(20)19(13(11)18-15)12-5-3-2-4-6-12;1-19-9-12(18)11-8-15-14(20-2)17-13(11)16-10-6-4-3-5-7-10;2*1-17-12-13-7-9(8-16)11(15-12)14-10-5-3-2-4-6-10;1-13-4-6(12)5-3-10-8(14-2)11-7(5)9;1-11(9,10)8-4-2-6(7)3-5-8;7-6-4-2-1-3-5-6;4-2-1-3(5)6/h7,9,12H,2-6H2,1H3;7,9,12H,2-6H2,1H3;8,10H,3-7,9H2,1-2H3,(H,15,16,17);7,10,16H,2-6,8H2,1H3,(H,13,14,15);7-8,10H,2-6H2,1H3,(H,13,14,15);3H,4H2,1-2H3;6H,2-5,7H2,1H3;6H,1-5,7H2;1H2,(H,5,6). The Kier molecular flexibility index (Phi) is 51.5. The van der Waals surface area contributed by atoms with Crippen molar-refractivity contribution in [1.82, 2.24) is 73.2 Å². The van der Waals surface area contributed by atoms with Crippen LogP contribution in [0.25, 0.3) is 22.1 Å². The van der Waals surface area contributed by atoms with E-state index in [-0.39, 0.29) is 82.1 Å². The molecule has 44 heteroatoms. The van der Waals surface area contributed by atoms with Gasteiger partial charge in [-0.15, -0.1) is 0 Å². The molecule has 6 aliphatic carbocycles. The molecule has 36 nitrogen and oxygen atoms in total. The molecule has 7 fully saturated rings.